The van der Waals surface area contributed by atoms with Gasteiger partial charge in [-0.3, -0.25) is 9.89 Å². The van der Waals surface area contributed by atoms with Gasteiger partial charge in [-0.25, -0.2) is 0 Å². The summed E-state index contributed by atoms with van der Waals surface area (Å²) < 4.78 is 2.19. The van der Waals surface area contributed by atoms with Gasteiger partial charge in [-0.05, 0) is 6.08 Å². The van der Waals surface area contributed by atoms with Gasteiger partial charge in [-0.1, -0.05) is 6.58 Å². The molecule has 0 saturated heterocycles. The second-order valence-electron chi connectivity index (χ2n) is 2.38. The largest absolute Gasteiger partial charge is 1.00 e. The number of nitrogens with zero attached hydrogens (tertiary/aromatic N) is 1. The van der Waals surface area contributed by atoms with Crippen LogP contribution in [0.25, 0.3) is 0 Å². The molecule has 0 aliphatic carbocycles. The van der Waals surface area contributed by atoms with Crippen molar-refractivity contribution in [1.82, 2.24) is 5.32 Å². The molecular formula is C7H13ClN2. The maximum absolute atomic E-state index is 3.73. The van der Waals surface area contributed by atoms with Crippen molar-refractivity contribution in [2.45, 2.75) is 13.0 Å². The third kappa shape index (κ3) is 1.51. The number of rotatable bonds is 1. The molecule has 0 aromatic rings. The Balaban J connectivity index is 0.000000810. The number of hydrogen-bond donors (Lipinski definition) is 1. The molecule has 1 aliphatic rings. The van der Waals surface area contributed by atoms with E-state index in [1.807, 2.05) is 6.08 Å². The molecule has 1 unspecified atom stereocenters. The second kappa shape index (κ2) is 3.62. The van der Waals surface area contributed by atoms with Gasteiger partial charge in [-0.15, -0.1) is 0 Å². The van der Waals surface area contributed by atoms with Gasteiger partial charge in [0.05, 0.1) is 7.05 Å². The summed E-state index contributed by atoms with van der Waals surface area (Å²) in [6.07, 6.45) is 1.96. The molecule has 0 saturated carbocycles. The number of halogens is 1. The standard InChI is InChI=1S/C7H12N2.ClH/c1-4-7-5-8-6(2)9(7)3;/h4,7H,1,5H2,2-3H3;1H. The van der Waals surface area contributed by atoms with Crippen molar-refractivity contribution in [2.24, 2.45) is 0 Å². The van der Waals surface area contributed by atoms with Crippen LogP contribution in [-0.4, -0.2) is 30.0 Å². The molecule has 58 valence electrons. The van der Waals surface area contributed by atoms with E-state index in [1.54, 1.807) is 0 Å². The fraction of sp³-hybridized carbons (Fsp3) is 0.571. The summed E-state index contributed by atoms with van der Waals surface area (Å²) in [7, 11) is 2.07. The number of likely N-dealkylation sites (N-methyl/N-ethyl adjacent to an activating group) is 1. The lowest BCUT2D eigenvalue weighted by molar-refractivity contribution is -0.514. The molecule has 0 fully saturated rings. The molecule has 0 bridgehead atoms. The smallest absolute Gasteiger partial charge is 0.242 e. The van der Waals surface area contributed by atoms with E-state index in [0.717, 1.165) is 6.54 Å². The Bertz CT molecular complexity index is 163. The lowest BCUT2D eigenvalue weighted by atomic mass is 10.3. The van der Waals surface area contributed by atoms with E-state index < -0.39 is 0 Å². The van der Waals surface area contributed by atoms with Crippen LogP contribution in [0.5, 0.6) is 0 Å². The van der Waals surface area contributed by atoms with Crippen molar-refractivity contribution in [2.75, 3.05) is 13.6 Å². The van der Waals surface area contributed by atoms with E-state index in [-0.39, 0.29) is 12.4 Å². The summed E-state index contributed by atoms with van der Waals surface area (Å²) in [5.41, 5.74) is 0. The van der Waals surface area contributed by atoms with Gasteiger partial charge < -0.3 is 12.4 Å². The molecule has 2 nitrogen and oxygen atoms in total. The highest BCUT2D eigenvalue weighted by Gasteiger charge is 2.21. The minimum atomic E-state index is 0. The van der Waals surface area contributed by atoms with Crippen molar-refractivity contribution in [3.05, 3.63) is 12.7 Å². The third-order valence-electron chi connectivity index (χ3n) is 1.87. The Labute approximate surface area is 68.0 Å². The molecule has 1 rings (SSSR count). The van der Waals surface area contributed by atoms with Gasteiger partial charge in [0.15, 0.2) is 6.04 Å². The molecule has 1 atom stereocenters. The van der Waals surface area contributed by atoms with Gasteiger partial charge in [-0.2, -0.15) is 0 Å². The lowest BCUT2D eigenvalue weighted by Crippen LogP contribution is -3.00. The van der Waals surface area contributed by atoms with E-state index in [0.29, 0.717) is 6.04 Å². The van der Waals surface area contributed by atoms with Gasteiger partial charge in [0, 0.05) is 6.92 Å². The van der Waals surface area contributed by atoms with Gasteiger partial charge in [0.2, 0.25) is 5.84 Å². The Hall–Kier alpha value is -0.500. The molecule has 10 heavy (non-hydrogen) atoms. The Morgan fingerprint density at radius 2 is 2.40 bits per heavy atom. The van der Waals surface area contributed by atoms with Crippen LogP contribution < -0.4 is 17.7 Å². The van der Waals surface area contributed by atoms with Crippen LogP contribution in [-0.2, 0) is 0 Å². The molecule has 0 aromatic carbocycles. The van der Waals surface area contributed by atoms with E-state index in [4.69, 9.17) is 0 Å². The van der Waals surface area contributed by atoms with E-state index in [2.05, 4.69) is 30.4 Å². The van der Waals surface area contributed by atoms with Crippen LogP contribution in [0, 0.1) is 0 Å². The van der Waals surface area contributed by atoms with Crippen LogP contribution in [0.15, 0.2) is 12.7 Å². The van der Waals surface area contributed by atoms with E-state index in [9.17, 15) is 0 Å². The first-order valence-corrected chi connectivity index (χ1v) is 3.18. The summed E-state index contributed by atoms with van der Waals surface area (Å²) in [6.45, 7) is 6.81. The first-order chi connectivity index (χ1) is 4.25. The SMILES string of the molecule is C=CC1CNC(C)=[N+]1C.[Cl-]. The summed E-state index contributed by atoms with van der Waals surface area (Å²) in [5.74, 6) is 1.24. The third-order valence-corrected chi connectivity index (χ3v) is 1.87. The maximum Gasteiger partial charge on any atom is 0.242 e. The monoisotopic (exact) mass is 160 g/mol. The minimum absolute atomic E-state index is 0. The first-order valence-electron chi connectivity index (χ1n) is 3.18. The summed E-state index contributed by atoms with van der Waals surface area (Å²) in [5, 5.41) is 3.24. The van der Waals surface area contributed by atoms with Crippen molar-refractivity contribution in [3.63, 3.8) is 0 Å². The molecule has 0 amide bonds. The molecule has 1 heterocycles. The molecular weight excluding hydrogens is 148 g/mol. The van der Waals surface area contributed by atoms with Crippen LogP contribution in [0.1, 0.15) is 6.92 Å². The van der Waals surface area contributed by atoms with Crippen LogP contribution in [0.2, 0.25) is 0 Å². The summed E-state index contributed by atoms with van der Waals surface area (Å²) in [6, 6.07) is 0.491. The molecule has 0 radical (unpaired) electrons. The van der Waals surface area contributed by atoms with Crippen LogP contribution in [0.4, 0.5) is 0 Å². The summed E-state index contributed by atoms with van der Waals surface area (Å²) in [4.78, 5) is 0. The van der Waals surface area contributed by atoms with Crippen LogP contribution in [0.3, 0.4) is 0 Å². The fourth-order valence-corrected chi connectivity index (χ4v) is 1.00. The zero-order valence-electron chi connectivity index (χ0n) is 6.39. The molecule has 0 spiro atoms. The zero-order chi connectivity index (χ0) is 6.85. The lowest BCUT2D eigenvalue weighted by Gasteiger charge is -1.98. The summed E-state index contributed by atoms with van der Waals surface area (Å²) >= 11 is 0. The van der Waals surface area contributed by atoms with Gasteiger partial charge in [0.25, 0.3) is 0 Å². The van der Waals surface area contributed by atoms with Crippen molar-refractivity contribution >= 4 is 5.84 Å². The highest BCUT2D eigenvalue weighted by atomic mass is 35.5. The molecule has 1 N–H and O–H groups in total. The highest BCUT2D eigenvalue weighted by Crippen LogP contribution is 1.95. The first kappa shape index (κ1) is 9.50. The second-order valence-corrected chi connectivity index (χ2v) is 2.38. The van der Waals surface area contributed by atoms with Crippen molar-refractivity contribution in [1.29, 1.82) is 0 Å². The normalized spacial score (nSPS) is 23.6. The minimum Gasteiger partial charge on any atom is -1.00 e. The number of amidine groups is 1. The Morgan fingerprint density at radius 1 is 1.80 bits per heavy atom. The number of hydrogen-bond acceptors (Lipinski definition) is 1. The van der Waals surface area contributed by atoms with E-state index >= 15 is 0 Å². The van der Waals surface area contributed by atoms with E-state index in [1.165, 1.54) is 5.84 Å². The Morgan fingerprint density at radius 3 is 2.60 bits per heavy atom. The van der Waals surface area contributed by atoms with Crippen LogP contribution >= 0.6 is 0 Å². The topological polar surface area (TPSA) is 15.0 Å². The van der Waals surface area contributed by atoms with Gasteiger partial charge in [0.1, 0.15) is 6.54 Å². The predicted molar refractivity (Wildman–Crippen MR) is 38.9 cm³/mol. The molecule has 0 aromatic heterocycles. The quantitative estimate of drug-likeness (QED) is 0.324. The average Bonchev–Trinajstić information content (AvgIpc) is 2.15. The molecule has 3 heteroatoms. The number of nitrogens with one attached hydrogen (secondary N) is 1. The predicted octanol–water partition coefficient (Wildman–Crippen LogP) is -2.79. The fourth-order valence-electron chi connectivity index (χ4n) is 1.00. The average molecular weight is 161 g/mol. The van der Waals surface area contributed by atoms with Crippen molar-refractivity contribution in [3.8, 4) is 0 Å². The maximum atomic E-state index is 3.73. The van der Waals surface area contributed by atoms with Gasteiger partial charge >= 0.3 is 0 Å². The van der Waals surface area contributed by atoms with Crippen molar-refractivity contribution < 1.29 is 17.0 Å². The zero-order valence-corrected chi connectivity index (χ0v) is 7.15. The molecule has 1 aliphatic heterocycles. The Kier molecular flexibility index (Phi) is 3.43. The highest BCUT2D eigenvalue weighted by molar-refractivity contribution is 5.75.